The lowest BCUT2D eigenvalue weighted by Crippen LogP contribution is -2.23. The summed E-state index contributed by atoms with van der Waals surface area (Å²) in [7, 11) is 0. The fourth-order valence-electron chi connectivity index (χ4n) is 1.18. The molecule has 0 atom stereocenters. The van der Waals surface area contributed by atoms with Crippen LogP contribution in [-0.4, -0.2) is 11.3 Å². The Morgan fingerprint density at radius 2 is 1.88 bits per heavy atom. The lowest BCUT2D eigenvalue weighted by Gasteiger charge is -2.13. The highest BCUT2D eigenvalue weighted by atomic mass is 19.4. The van der Waals surface area contributed by atoms with Gasteiger partial charge in [0.15, 0.2) is 6.29 Å². The van der Waals surface area contributed by atoms with Crippen LogP contribution in [0.2, 0.25) is 0 Å². The second-order valence-electron chi connectivity index (χ2n) is 2.78. The van der Waals surface area contributed by atoms with Gasteiger partial charge in [-0.25, -0.2) is 8.78 Å². The van der Waals surface area contributed by atoms with Crippen LogP contribution in [0.15, 0.2) is 11.0 Å². The molecule has 1 aromatic rings. The van der Waals surface area contributed by atoms with E-state index in [-0.39, 0.29) is 6.29 Å². The molecule has 0 aliphatic carbocycles. The van der Waals surface area contributed by atoms with Gasteiger partial charge in [0.25, 0.3) is 12.0 Å². The lowest BCUT2D eigenvalue weighted by molar-refractivity contribution is -0.140. The predicted molar refractivity (Wildman–Crippen MR) is 42.4 cm³/mol. The van der Waals surface area contributed by atoms with Gasteiger partial charge in [0, 0.05) is 11.8 Å². The van der Waals surface area contributed by atoms with E-state index in [1.165, 1.54) is 0 Å². The number of nitrogens with one attached hydrogen (secondary N) is 1. The highest BCUT2D eigenvalue weighted by Gasteiger charge is 2.40. The van der Waals surface area contributed by atoms with Crippen LogP contribution in [0.3, 0.4) is 0 Å². The molecule has 0 unspecified atom stereocenters. The zero-order valence-electron chi connectivity index (χ0n) is 7.44. The highest BCUT2D eigenvalue weighted by Crippen LogP contribution is 2.36. The van der Waals surface area contributed by atoms with Gasteiger partial charge in [-0.3, -0.25) is 9.59 Å². The first-order chi connectivity index (χ1) is 7.29. The van der Waals surface area contributed by atoms with Crippen LogP contribution in [-0.2, 0) is 6.18 Å². The Labute approximate surface area is 84.9 Å². The predicted octanol–water partition coefficient (Wildman–Crippen LogP) is 2.14. The molecule has 0 aliphatic rings. The van der Waals surface area contributed by atoms with Crippen molar-refractivity contribution in [2.75, 3.05) is 0 Å². The molecule has 8 heteroatoms. The number of aromatic nitrogens is 1. The number of carbonyl (C=O) groups is 1. The third kappa shape index (κ3) is 2.10. The van der Waals surface area contributed by atoms with Crippen molar-refractivity contribution in [2.45, 2.75) is 12.6 Å². The van der Waals surface area contributed by atoms with Gasteiger partial charge in [0.2, 0.25) is 0 Å². The molecule has 88 valence electrons. The van der Waals surface area contributed by atoms with Gasteiger partial charge >= 0.3 is 6.18 Å². The molecule has 0 amide bonds. The normalized spacial score (nSPS) is 11.9. The molecule has 0 saturated carbocycles. The number of halogens is 5. The minimum Gasteiger partial charge on any atom is -0.328 e. The minimum absolute atomic E-state index is 0.245. The van der Waals surface area contributed by atoms with Gasteiger partial charge in [-0.2, -0.15) is 13.2 Å². The average molecular weight is 241 g/mol. The van der Waals surface area contributed by atoms with Crippen molar-refractivity contribution in [2.24, 2.45) is 0 Å². The molecule has 1 heterocycles. The first-order valence-electron chi connectivity index (χ1n) is 3.85. The van der Waals surface area contributed by atoms with Crippen molar-refractivity contribution in [3.63, 3.8) is 0 Å². The number of rotatable bonds is 2. The summed E-state index contributed by atoms with van der Waals surface area (Å²) in [4.78, 5) is 22.8. The van der Waals surface area contributed by atoms with Crippen LogP contribution < -0.4 is 5.56 Å². The van der Waals surface area contributed by atoms with Crippen molar-refractivity contribution in [1.82, 2.24) is 4.98 Å². The largest absolute Gasteiger partial charge is 0.417 e. The zero-order valence-corrected chi connectivity index (χ0v) is 7.44. The van der Waals surface area contributed by atoms with Crippen LogP contribution in [0.5, 0.6) is 0 Å². The van der Waals surface area contributed by atoms with E-state index in [9.17, 15) is 31.5 Å². The van der Waals surface area contributed by atoms with E-state index in [1.807, 2.05) is 0 Å². The summed E-state index contributed by atoms with van der Waals surface area (Å²) in [6, 6.07) is 0. The molecular formula is C8H4F5NO2. The number of carbonyl (C=O) groups excluding carboxylic acids is 1. The van der Waals surface area contributed by atoms with Gasteiger partial charge in [-0.15, -0.1) is 0 Å². The van der Waals surface area contributed by atoms with E-state index in [4.69, 9.17) is 0 Å². The molecule has 0 aromatic carbocycles. The number of hydrogen-bond acceptors (Lipinski definition) is 2. The SMILES string of the molecule is O=Cc1c[nH]c(=O)c(C(F)F)c1C(F)(F)F. The quantitative estimate of drug-likeness (QED) is 0.637. The lowest BCUT2D eigenvalue weighted by atomic mass is 10.0. The van der Waals surface area contributed by atoms with Gasteiger partial charge in [-0.1, -0.05) is 0 Å². The molecule has 1 rings (SSSR count). The fourth-order valence-corrected chi connectivity index (χ4v) is 1.18. The molecular weight excluding hydrogens is 237 g/mol. The topological polar surface area (TPSA) is 49.9 Å². The Kier molecular flexibility index (Phi) is 3.11. The summed E-state index contributed by atoms with van der Waals surface area (Å²) in [5.74, 6) is 0. The van der Waals surface area contributed by atoms with Crippen molar-refractivity contribution < 1.29 is 26.7 Å². The van der Waals surface area contributed by atoms with Crippen molar-refractivity contribution in [3.8, 4) is 0 Å². The number of aromatic amines is 1. The van der Waals surface area contributed by atoms with Crippen molar-refractivity contribution in [3.05, 3.63) is 33.2 Å². The van der Waals surface area contributed by atoms with Gasteiger partial charge < -0.3 is 4.98 Å². The van der Waals surface area contributed by atoms with Crippen LogP contribution in [0, 0.1) is 0 Å². The molecule has 1 N–H and O–H groups in total. The second-order valence-corrected chi connectivity index (χ2v) is 2.78. The average Bonchev–Trinajstić information content (AvgIpc) is 2.15. The Balaban J connectivity index is 3.69. The molecule has 1 aromatic heterocycles. The number of pyridine rings is 1. The van der Waals surface area contributed by atoms with Crippen molar-refractivity contribution in [1.29, 1.82) is 0 Å². The van der Waals surface area contributed by atoms with Crippen molar-refractivity contribution >= 4 is 6.29 Å². The molecule has 0 aliphatic heterocycles. The highest BCUT2D eigenvalue weighted by molar-refractivity contribution is 5.77. The Bertz CT molecular complexity index is 462. The first-order valence-corrected chi connectivity index (χ1v) is 3.85. The minimum atomic E-state index is -5.18. The summed E-state index contributed by atoms with van der Waals surface area (Å²) in [5, 5.41) is 0. The summed E-state index contributed by atoms with van der Waals surface area (Å²) in [6.07, 6.45) is -8.59. The summed E-state index contributed by atoms with van der Waals surface area (Å²) in [6.45, 7) is 0. The van der Waals surface area contributed by atoms with Gasteiger partial charge in [0.1, 0.15) is 0 Å². The molecule has 16 heavy (non-hydrogen) atoms. The van der Waals surface area contributed by atoms with Crippen LogP contribution in [0.4, 0.5) is 22.0 Å². The van der Waals surface area contributed by atoms with Crippen LogP contribution in [0.1, 0.15) is 27.9 Å². The molecule has 0 fully saturated rings. The van der Waals surface area contributed by atoms with Crippen LogP contribution in [0.25, 0.3) is 0 Å². The second kappa shape index (κ2) is 4.03. The maximum Gasteiger partial charge on any atom is 0.417 e. The van der Waals surface area contributed by atoms with E-state index in [1.54, 1.807) is 4.98 Å². The smallest absolute Gasteiger partial charge is 0.328 e. The Morgan fingerprint density at radius 1 is 1.31 bits per heavy atom. The number of hydrogen-bond donors (Lipinski definition) is 1. The molecule has 0 saturated heterocycles. The summed E-state index contributed by atoms with van der Waals surface area (Å²) in [5.41, 5.74) is -6.21. The third-order valence-corrected chi connectivity index (χ3v) is 1.79. The maximum atomic E-state index is 12.4. The van der Waals surface area contributed by atoms with E-state index >= 15 is 0 Å². The first kappa shape index (κ1) is 12.3. The maximum absolute atomic E-state index is 12.4. The molecule has 0 bridgehead atoms. The third-order valence-electron chi connectivity index (χ3n) is 1.79. The molecule has 0 radical (unpaired) electrons. The summed E-state index contributed by atoms with van der Waals surface area (Å²) < 4.78 is 61.8. The van der Waals surface area contributed by atoms with Crippen LogP contribution >= 0.6 is 0 Å². The standard InChI is InChI=1S/C8H4F5NO2/c9-6(10)4-5(8(11,12)13)3(2-15)1-14-7(4)16/h1-2,6H,(H,14,16). The molecule has 3 nitrogen and oxygen atoms in total. The van der Waals surface area contributed by atoms with Gasteiger partial charge in [-0.05, 0) is 0 Å². The Morgan fingerprint density at radius 3 is 2.25 bits per heavy atom. The van der Waals surface area contributed by atoms with E-state index < -0.39 is 34.9 Å². The van der Waals surface area contributed by atoms with E-state index in [2.05, 4.69) is 0 Å². The fraction of sp³-hybridized carbons (Fsp3) is 0.250. The molecule has 0 spiro atoms. The van der Waals surface area contributed by atoms with E-state index in [0.717, 1.165) is 0 Å². The van der Waals surface area contributed by atoms with Gasteiger partial charge in [0.05, 0.1) is 11.1 Å². The Hall–Kier alpha value is -1.73. The number of aldehydes is 1. The zero-order chi connectivity index (χ0) is 12.5. The monoisotopic (exact) mass is 241 g/mol. The summed E-state index contributed by atoms with van der Waals surface area (Å²) >= 11 is 0. The van der Waals surface area contributed by atoms with E-state index in [0.29, 0.717) is 6.20 Å². The number of alkyl halides is 5. The number of H-pyrrole nitrogens is 1.